The minimum Gasteiger partial charge on any atom is -0.233 e. The zero-order chi connectivity index (χ0) is 11.9. The molecule has 2 unspecified atom stereocenters. The summed E-state index contributed by atoms with van der Waals surface area (Å²) in [5.41, 5.74) is 0.0329. The molecule has 96 valence electrons. The smallest absolute Gasteiger partial charge is 0.127 e. The number of hydrogen-bond donors (Lipinski definition) is 0. The predicted molar refractivity (Wildman–Crippen MR) is 67.2 cm³/mol. The molecule has 1 rings (SSSR count). The van der Waals surface area contributed by atoms with Crippen molar-refractivity contribution in [3.05, 3.63) is 0 Å². The minimum absolute atomic E-state index is 0.0329. The van der Waals surface area contributed by atoms with E-state index < -0.39 is 0 Å². The lowest BCUT2D eigenvalue weighted by Gasteiger charge is -2.36. The highest BCUT2D eigenvalue weighted by Crippen LogP contribution is 2.28. The molecule has 0 saturated carbocycles. The number of rotatable bonds is 9. The van der Waals surface area contributed by atoms with E-state index in [0.29, 0.717) is 0 Å². The van der Waals surface area contributed by atoms with Crippen molar-refractivity contribution in [2.75, 3.05) is 6.61 Å². The molecule has 0 aliphatic carbocycles. The predicted octanol–water partition coefficient (Wildman–Crippen LogP) is 4.48. The minimum atomic E-state index is 0.0329. The molecule has 2 heteroatoms. The van der Waals surface area contributed by atoms with Gasteiger partial charge >= 0.3 is 0 Å². The molecule has 16 heavy (non-hydrogen) atoms. The van der Waals surface area contributed by atoms with E-state index in [-0.39, 0.29) is 5.60 Å². The summed E-state index contributed by atoms with van der Waals surface area (Å²) in [6.07, 6.45) is 10.7. The molecular weight excluding hydrogens is 200 g/mol. The summed E-state index contributed by atoms with van der Waals surface area (Å²) in [5.74, 6) is 0.950. The molecule has 0 radical (unpaired) electrons. The maximum Gasteiger partial charge on any atom is 0.127 e. The third-order valence-electron chi connectivity index (χ3n) is 3.74. The molecule has 1 saturated heterocycles. The fourth-order valence-electron chi connectivity index (χ4n) is 2.35. The van der Waals surface area contributed by atoms with Gasteiger partial charge in [-0.15, -0.1) is 0 Å². The van der Waals surface area contributed by atoms with Crippen LogP contribution < -0.4 is 0 Å². The molecule has 0 N–H and O–H groups in total. The van der Waals surface area contributed by atoms with Gasteiger partial charge in [-0.3, -0.25) is 0 Å². The van der Waals surface area contributed by atoms with Gasteiger partial charge in [0.2, 0.25) is 0 Å². The molecule has 1 fully saturated rings. The molecule has 0 amide bonds. The Hall–Kier alpha value is -0.0800. The van der Waals surface area contributed by atoms with Crippen molar-refractivity contribution in [1.29, 1.82) is 0 Å². The molecule has 2 atom stereocenters. The average molecular weight is 228 g/mol. The largest absolute Gasteiger partial charge is 0.233 e. The first-order chi connectivity index (χ1) is 7.70. The van der Waals surface area contributed by atoms with Gasteiger partial charge in [-0.2, -0.15) is 0 Å². The van der Waals surface area contributed by atoms with Crippen LogP contribution in [0.3, 0.4) is 0 Å². The van der Waals surface area contributed by atoms with Crippen molar-refractivity contribution in [2.45, 2.75) is 77.7 Å². The van der Waals surface area contributed by atoms with Crippen LogP contribution in [-0.2, 0) is 9.78 Å². The molecule has 1 heterocycles. The lowest BCUT2D eigenvalue weighted by molar-refractivity contribution is -0.467. The van der Waals surface area contributed by atoms with Crippen molar-refractivity contribution in [3.63, 3.8) is 0 Å². The topological polar surface area (TPSA) is 18.5 Å². The Morgan fingerprint density at radius 1 is 1.12 bits per heavy atom. The highest BCUT2D eigenvalue weighted by atomic mass is 17.2. The Kier molecular flexibility index (Phi) is 6.37. The lowest BCUT2D eigenvalue weighted by Crippen LogP contribution is -2.44. The van der Waals surface area contributed by atoms with E-state index >= 15 is 0 Å². The highest BCUT2D eigenvalue weighted by molar-refractivity contribution is 4.77. The SMILES string of the molecule is CCCCC(CC)CCCCC1(C)COO1. The quantitative estimate of drug-likeness (QED) is 0.428. The van der Waals surface area contributed by atoms with Crippen LogP contribution in [-0.4, -0.2) is 12.2 Å². The van der Waals surface area contributed by atoms with Crippen LogP contribution in [0.15, 0.2) is 0 Å². The van der Waals surface area contributed by atoms with Gasteiger partial charge < -0.3 is 0 Å². The Bertz CT molecular complexity index is 176. The van der Waals surface area contributed by atoms with Crippen LogP contribution in [0.25, 0.3) is 0 Å². The van der Waals surface area contributed by atoms with E-state index in [1.165, 1.54) is 44.9 Å². The zero-order valence-electron chi connectivity index (χ0n) is 11.3. The normalized spacial score (nSPS) is 26.4. The first-order valence-electron chi connectivity index (χ1n) is 7.01. The molecule has 2 nitrogen and oxygen atoms in total. The molecule has 0 aromatic heterocycles. The third-order valence-corrected chi connectivity index (χ3v) is 3.74. The van der Waals surface area contributed by atoms with Crippen molar-refractivity contribution in [2.24, 2.45) is 5.92 Å². The summed E-state index contributed by atoms with van der Waals surface area (Å²) in [7, 11) is 0. The maximum atomic E-state index is 5.12. The summed E-state index contributed by atoms with van der Waals surface area (Å²) in [5, 5.41) is 0. The van der Waals surface area contributed by atoms with Crippen LogP contribution in [0.1, 0.15) is 72.1 Å². The average Bonchev–Trinajstić information content (AvgIpc) is 2.26. The fourth-order valence-corrected chi connectivity index (χ4v) is 2.35. The summed E-state index contributed by atoms with van der Waals surface area (Å²) < 4.78 is 0. The molecule has 0 aromatic carbocycles. The van der Waals surface area contributed by atoms with Crippen LogP contribution >= 0.6 is 0 Å². The van der Waals surface area contributed by atoms with E-state index in [0.717, 1.165) is 18.9 Å². The molecule has 1 aliphatic rings. The lowest BCUT2D eigenvalue weighted by atomic mass is 9.91. The molecule has 0 aromatic rings. The second-order valence-electron chi connectivity index (χ2n) is 5.46. The van der Waals surface area contributed by atoms with Crippen LogP contribution in [0, 0.1) is 5.92 Å². The second kappa shape index (κ2) is 7.29. The monoisotopic (exact) mass is 228 g/mol. The Morgan fingerprint density at radius 3 is 2.31 bits per heavy atom. The van der Waals surface area contributed by atoms with Gasteiger partial charge in [0.25, 0.3) is 0 Å². The van der Waals surface area contributed by atoms with Gasteiger partial charge in [-0.25, -0.2) is 9.78 Å². The van der Waals surface area contributed by atoms with Crippen molar-refractivity contribution in [3.8, 4) is 0 Å². The second-order valence-corrected chi connectivity index (χ2v) is 5.46. The molecule has 0 bridgehead atoms. The van der Waals surface area contributed by atoms with Crippen LogP contribution in [0.4, 0.5) is 0 Å². The van der Waals surface area contributed by atoms with Crippen LogP contribution in [0.5, 0.6) is 0 Å². The van der Waals surface area contributed by atoms with Gasteiger partial charge in [0.05, 0.1) is 0 Å². The summed E-state index contributed by atoms with van der Waals surface area (Å²) in [6.45, 7) is 7.52. The Morgan fingerprint density at radius 2 is 1.81 bits per heavy atom. The standard InChI is InChI=1S/C14H28O2/c1-4-6-9-13(5-2)10-7-8-11-14(3)12-15-16-14/h13H,4-12H2,1-3H3. The van der Waals surface area contributed by atoms with Gasteiger partial charge in [0.1, 0.15) is 12.2 Å². The van der Waals surface area contributed by atoms with E-state index in [4.69, 9.17) is 9.78 Å². The summed E-state index contributed by atoms with van der Waals surface area (Å²) in [6, 6.07) is 0. The van der Waals surface area contributed by atoms with Gasteiger partial charge in [-0.05, 0) is 19.3 Å². The Balaban J connectivity index is 1.99. The third kappa shape index (κ3) is 4.84. The van der Waals surface area contributed by atoms with E-state index in [2.05, 4.69) is 20.8 Å². The fraction of sp³-hybridized carbons (Fsp3) is 1.00. The van der Waals surface area contributed by atoms with E-state index in [9.17, 15) is 0 Å². The number of unbranched alkanes of at least 4 members (excludes halogenated alkanes) is 2. The molecule has 1 aliphatic heterocycles. The van der Waals surface area contributed by atoms with Crippen molar-refractivity contribution >= 4 is 0 Å². The first kappa shape index (κ1) is 14.0. The van der Waals surface area contributed by atoms with Crippen LogP contribution in [0.2, 0.25) is 0 Å². The van der Waals surface area contributed by atoms with Crippen molar-refractivity contribution in [1.82, 2.24) is 0 Å². The zero-order valence-corrected chi connectivity index (χ0v) is 11.3. The van der Waals surface area contributed by atoms with Gasteiger partial charge in [0, 0.05) is 0 Å². The van der Waals surface area contributed by atoms with E-state index in [1.54, 1.807) is 0 Å². The Labute approximate surface area is 101 Å². The van der Waals surface area contributed by atoms with Crippen molar-refractivity contribution < 1.29 is 9.78 Å². The van der Waals surface area contributed by atoms with E-state index in [1.807, 2.05) is 0 Å². The summed E-state index contributed by atoms with van der Waals surface area (Å²) >= 11 is 0. The summed E-state index contributed by atoms with van der Waals surface area (Å²) in [4.78, 5) is 9.91. The van der Waals surface area contributed by atoms with Gasteiger partial charge in [-0.1, -0.05) is 58.8 Å². The highest BCUT2D eigenvalue weighted by Gasteiger charge is 2.35. The maximum absolute atomic E-state index is 5.12. The molecular formula is C14H28O2. The molecule has 0 spiro atoms. The number of hydrogen-bond acceptors (Lipinski definition) is 2. The van der Waals surface area contributed by atoms with Gasteiger partial charge in [0.15, 0.2) is 0 Å². The first-order valence-corrected chi connectivity index (χ1v) is 7.01.